The molecule has 0 bridgehead atoms. The number of hydrogen-bond donors (Lipinski definition) is 1. The van der Waals surface area contributed by atoms with Gasteiger partial charge >= 0.3 is 0 Å². The van der Waals surface area contributed by atoms with Crippen molar-refractivity contribution in [2.45, 2.75) is 25.9 Å². The average molecular weight is 300 g/mol. The Kier molecular flexibility index (Phi) is 4.24. The molecular formula is C17H20N2O3. The lowest BCUT2D eigenvalue weighted by molar-refractivity contribution is 0.0442. The molecule has 1 aromatic heterocycles. The number of rotatable bonds is 3. The van der Waals surface area contributed by atoms with Gasteiger partial charge in [-0.1, -0.05) is 30.3 Å². The third kappa shape index (κ3) is 2.90. The zero-order chi connectivity index (χ0) is 15.5. The summed E-state index contributed by atoms with van der Waals surface area (Å²) in [6.07, 6.45) is 2.41. The lowest BCUT2D eigenvalue weighted by Gasteiger charge is -2.34. The first kappa shape index (κ1) is 14.8. The van der Waals surface area contributed by atoms with Crippen LogP contribution in [0, 0.1) is 12.8 Å². The zero-order valence-electron chi connectivity index (χ0n) is 12.6. The van der Waals surface area contributed by atoms with Crippen molar-refractivity contribution in [2.75, 3.05) is 13.1 Å². The molecule has 1 atom stereocenters. The van der Waals surface area contributed by atoms with Crippen molar-refractivity contribution in [1.29, 1.82) is 0 Å². The van der Waals surface area contributed by atoms with E-state index in [2.05, 4.69) is 4.98 Å². The molecule has 22 heavy (non-hydrogen) atoms. The highest BCUT2D eigenvalue weighted by Gasteiger charge is 2.30. The monoisotopic (exact) mass is 300 g/mol. The predicted octanol–water partition coefficient (Wildman–Crippen LogP) is 2.57. The molecule has 3 rings (SSSR count). The SMILES string of the molecule is Cc1ncoc1C(=O)N1CCC([C@H](O)c2ccccc2)CC1. The molecule has 0 radical (unpaired) electrons. The Balaban J connectivity index is 1.61. The summed E-state index contributed by atoms with van der Waals surface area (Å²) in [6, 6.07) is 9.70. The van der Waals surface area contributed by atoms with Crippen molar-refractivity contribution in [2.24, 2.45) is 5.92 Å². The minimum absolute atomic E-state index is 0.109. The van der Waals surface area contributed by atoms with Crippen LogP contribution in [0.3, 0.4) is 0 Å². The average Bonchev–Trinajstić information content (AvgIpc) is 3.00. The summed E-state index contributed by atoms with van der Waals surface area (Å²) in [4.78, 5) is 18.1. The molecule has 0 unspecified atom stereocenters. The number of piperidine rings is 1. The molecule has 0 aliphatic carbocycles. The van der Waals surface area contributed by atoms with Crippen LogP contribution in [0.25, 0.3) is 0 Å². The second-order valence-electron chi connectivity index (χ2n) is 5.75. The van der Waals surface area contributed by atoms with Gasteiger partial charge in [-0.15, -0.1) is 0 Å². The first-order chi connectivity index (χ1) is 10.7. The maximum absolute atomic E-state index is 12.4. The van der Waals surface area contributed by atoms with Gasteiger partial charge in [-0.2, -0.15) is 0 Å². The van der Waals surface area contributed by atoms with Crippen LogP contribution in [0.1, 0.15) is 40.8 Å². The predicted molar refractivity (Wildman–Crippen MR) is 81.3 cm³/mol. The number of aliphatic hydroxyl groups excluding tert-OH is 1. The van der Waals surface area contributed by atoms with Crippen LogP contribution in [0.4, 0.5) is 0 Å². The smallest absolute Gasteiger partial charge is 0.291 e. The first-order valence-corrected chi connectivity index (χ1v) is 7.59. The summed E-state index contributed by atoms with van der Waals surface area (Å²) >= 11 is 0. The third-order valence-corrected chi connectivity index (χ3v) is 4.35. The van der Waals surface area contributed by atoms with E-state index in [1.54, 1.807) is 11.8 Å². The number of aromatic nitrogens is 1. The lowest BCUT2D eigenvalue weighted by Crippen LogP contribution is -2.39. The van der Waals surface area contributed by atoms with E-state index in [1.807, 2.05) is 30.3 Å². The second kappa shape index (κ2) is 6.32. The Labute approximate surface area is 129 Å². The van der Waals surface area contributed by atoms with Gasteiger partial charge in [-0.25, -0.2) is 4.98 Å². The Morgan fingerprint density at radius 1 is 1.32 bits per heavy atom. The minimum Gasteiger partial charge on any atom is -0.438 e. The van der Waals surface area contributed by atoms with E-state index >= 15 is 0 Å². The van der Waals surface area contributed by atoms with E-state index < -0.39 is 6.10 Å². The molecule has 1 aromatic carbocycles. The van der Waals surface area contributed by atoms with E-state index in [-0.39, 0.29) is 11.8 Å². The summed E-state index contributed by atoms with van der Waals surface area (Å²) in [7, 11) is 0. The fourth-order valence-electron chi connectivity index (χ4n) is 2.99. The molecule has 1 aliphatic rings. The van der Waals surface area contributed by atoms with Gasteiger partial charge in [0.2, 0.25) is 5.76 Å². The molecule has 0 spiro atoms. The van der Waals surface area contributed by atoms with Crippen molar-refractivity contribution in [1.82, 2.24) is 9.88 Å². The van der Waals surface area contributed by atoms with E-state index in [1.165, 1.54) is 6.39 Å². The largest absolute Gasteiger partial charge is 0.438 e. The molecule has 2 aromatic rings. The number of oxazole rings is 1. The van der Waals surface area contributed by atoms with Gasteiger partial charge < -0.3 is 14.4 Å². The van der Waals surface area contributed by atoms with Gasteiger partial charge in [0.05, 0.1) is 11.8 Å². The highest BCUT2D eigenvalue weighted by atomic mass is 16.3. The number of nitrogens with zero attached hydrogens (tertiary/aromatic N) is 2. The lowest BCUT2D eigenvalue weighted by atomic mass is 9.87. The van der Waals surface area contributed by atoms with E-state index in [4.69, 9.17) is 4.42 Å². The molecule has 1 aliphatic heterocycles. The van der Waals surface area contributed by atoms with Gasteiger partial charge in [0.1, 0.15) is 0 Å². The number of carbonyl (C=O) groups excluding carboxylic acids is 1. The molecule has 1 amide bonds. The van der Waals surface area contributed by atoms with Crippen molar-refractivity contribution in [3.63, 3.8) is 0 Å². The Bertz CT molecular complexity index is 630. The maximum atomic E-state index is 12.4. The molecule has 2 heterocycles. The molecule has 5 nitrogen and oxygen atoms in total. The quantitative estimate of drug-likeness (QED) is 0.946. The fourth-order valence-corrected chi connectivity index (χ4v) is 2.99. The first-order valence-electron chi connectivity index (χ1n) is 7.59. The summed E-state index contributed by atoms with van der Waals surface area (Å²) < 4.78 is 5.17. The van der Waals surface area contributed by atoms with Crippen LogP contribution in [0.5, 0.6) is 0 Å². The van der Waals surface area contributed by atoms with Gasteiger partial charge in [0.25, 0.3) is 5.91 Å². The van der Waals surface area contributed by atoms with Crippen molar-refractivity contribution >= 4 is 5.91 Å². The van der Waals surface area contributed by atoms with Gasteiger partial charge in [-0.05, 0) is 31.2 Å². The van der Waals surface area contributed by atoms with Crippen LogP contribution in [0.15, 0.2) is 41.1 Å². The van der Waals surface area contributed by atoms with Crippen molar-refractivity contribution in [3.05, 3.63) is 53.7 Å². The van der Waals surface area contributed by atoms with Gasteiger partial charge in [-0.3, -0.25) is 4.79 Å². The highest BCUT2D eigenvalue weighted by Crippen LogP contribution is 2.31. The molecule has 0 saturated carbocycles. The number of carbonyl (C=O) groups is 1. The van der Waals surface area contributed by atoms with Crippen molar-refractivity contribution in [3.8, 4) is 0 Å². The summed E-state index contributed by atoms with van der Waals surface area (Å²) in [6.45, 7) is 3.03. The number of hydrogen-bond acceptors (Lipinski definition) is 4. The Morgan fingerprint density at radius 2 is 2.00 bits per heavy atom. The van der Waals surface area contributed by atoms with Crippen LogP contribution in [0.2, 0.25) is 0 Å². The standard InChI is InChI=1S/C17H20N2O3/c1-12-16(22-11-18-12)17(21)19-9-7-14(8-10-19)15(20)13-5-3-2-4-6-13/h2-6,11,14-15,20H,7-10H2,1H3/t15-/m1/s1. The second-order valence-corrected chi connectivity index (χ2v) is 5.75. The molecular weight excluding hydrogens is 280 g/mol. The van der Waals surface area contributed by atoms with E-state index in [9.17, 15) is 9.90 Å². The summed E-state index contributed by atoms with van der Waals surface area (Å²) in [5.41, 5.74) is 1.56. The molecule has 1 N–H and O–H groups in total. The summed E-state index contributed by atoms with van der Waals surface area (Å²) in [5, 5.41) is 10.5. The highest BCUT2D eigenvalue weighted by molar-refractivity contribution is 5.92. The summed E-state index contributed by atoms with van der Waals surface area (Å²) in [5.74, 6) is 0.395. The maximum Gasteiger partial charge on any atom is 0.291 e. The van der Waals surface area contributed by atoms with Crippen LogP contribution >= 0.6 is 0 Å². The number of likely N-dealkylation sites (tertiary alicyclic amines) is 1. The number of amides is 1. The minimum atomic E-state index is -0.467. The van der Waals surface area contributed by atoms with Crippen molar-refractivity contribution < 1.29 is 14.3 Å². The Morgan fingerprint density at radius 3 is 2.59 bits per heavy atom. The van der Waals surface area contributed by atoms with Gasteiger partial charge in [0.15, 0.2) is 6.39 Å². The number of benzene rings is 1. The number of aliphatic hydroxyl groups is 1. The third-order valence-electron chi connectivity index (χ3n) is 4.35. The fraction of sp³-hybridized carbons (Fsp3) is 0.412. The molecule has 116 valence electrons. The van der Waals surface area contributed by atoms with E-state index in [0.29, 0.717) is 24.5 Å². The zero-order valence-corrected chi connectivity index (χ0v) is 12.6. The number of aryl methyl sites for hydroxylation is 1. The van der Waals surface area contributed by atoms with Crippen LogP contribution in [-0.4, -0.2) is 34.0 Å². The molecule has 1 saturated heterocycles. The normalized spacial score (nSPS) is 17.5. The van der Waals surface area contributed by atoms with E-state index in [0.717, 1.165) is 18.4 Å². The van der Waals surface area contributed by atoms with Gasteiger partial charge in [0, 0.05) is 13.1 Å². The molecule has 5 heteroatoms. The van der Waals surface area contributed by atoms with Crippen LogP contribution in [-0.2, 0) is 0 Å². The molecule has 1 fully saturated rings. The van der Waals surface area contributed by atoms with Crippen LogP contribution < -0.4 is 0 Å². The topological polar surface area (TPSA) is 66.6 Å². The Hall–Kier alpha value is -2.14.